The van der Waals surface area contributed by atoms with Crippen molar-refractivity contribution in [1.29, 1.82) is 0 Å². The Hall–Kier alpha value is -0.610. The quantitative estimate of drug-likeness (QED) is 0.594. The highest BCUT2D eigenvalue weighted by Gasteiger charge is 2.10. The molecular formula is C8H18N2O2. The van der Waals surface area contributed by atoms with E-state index < -0.39 is 5.97 Å². The van der Waals surface area contributed by atoms with Gasteiger partial charge < -0.3 is 15.7 Å². The molecule has 0 rings (SSSR count). The number of hydrogen-bond acceptors (Lipinski definition) is 3. The van der Waals surface area contributed by atoms with Crippen molar-refractivity contribution in [3.8, 4) is 0 Å². The molecular weight excluding hydrogens is 156 g/mol. The zero-order chi connectivity index (χ0) is 9.56. The zero-order valence-corrected chi connectivity index (χ0v) is 7.79. The number of aliphatic carboxylic acids is 1. The van der Waals surface area contributed by atoms with E-state index in [0.717, 1.165) is 13.0 Å². The predicted octanol–water partition coefficient (Wildman–Crippen LogP) is -0.0123. The maximum atomic E-state index is 10.3. The maximum Gasteiger partial charge on any atom is 0.303 e. The Morgan fingerprint density at radius 3 is 2.50 bits per heavy atom. The summed E-state index contributed by atoms with van der Waals surface area (Å²) in [6.45, 7) is 1.36. The molecule has 0 saturated heterocycles. The van der Waals surface area contributed by atoms with Gasteiger partial charge in [-0.1, -0.05) is 0 Å². The summed E-state index contributed by atoms with van der Waals surface area (Å²) in [6, 6.07) is 0. The van der Waals surface area contributed by atoms with E-state index >= 15 is 0 Å². The molecule has 0 saturated carbocycles. The fourth-order valence-corrected chi connectivity index (χ4v) is 0.991. The molecule has 12 heavy (non-hydrogen) atoms. The second kappa shape index (κ2) is 5.97. The van der Waals surface area contributed by atoms with E-state index in [1.807, 2.05) is 19.0 Å². The van der Waals surface area contributed by atoms with E-state index in [9.17, 15) is 4.79 Å². The lowest BCUT2D eigenvalue weighted by molar-refractivity contribution is -0.138. The Bertz CT molecular complexity index is 137. The molecule has 0 aliphatic carbocycles. The second-order valence-corrected chi connectivity index (χ2v) is 3.29. The van der Waals surface area contributed by atoms with Gasteiger partial charge in [-0.05, 0) is 39.5 Å². The lowest BCUT2D eigenvalue weighted by Crippen LogP contribution is -2.23. The van der Waals surface area contributed by atoms with Crippen molar-refractivity contribution < 1.29 is 9.90 Å². The predicted molar refractivity (Wildman–Crippen MR) is 48.0 cm³/mol. The van der Waals surface area contributed by atoms with Gasteiger partial charge in [0.05, 0.1) is 0 Å². The first-order valence-electron chi connectivity index (χ1n) is 4.12. The summed E-state index contributed by atoms with van der Waals surface area (Å²) in [7, 11) is 3.93. The van der Waals surface area contributed by atoms with Crippen LogP contribution in [0, 0.1) is 5.92 Å². The van der Waals surface area contributed by atoms with Crippen molar-refractivity contribution in [2.24, 2.45) is 11.7 Å². The minimum atomic E-state index is -0.760. The molecule has 0 bridgehead atoms. The molecule has 0 fully saturated rings. The smallest absolute Gasteiger partial charge is 0.303 e. The number of carbonyl (C=O) groups is 1. The van der Waals surface area contributed by atoms with Gasteiger partial charge in [-0.25, -0.2) is 0 Å². The van der Waals surface area contributed by atoms with Crippen LogP contribution in [0.5, 0.6) is 0 Å². The molecule has 1 atom stereocenters. The molecule has 0 heterocycles. The Labute approximate surface area is 73.3 Å². The molecule has 0 aromatic carbocycles. The minimum absolute atomic E-state index is 0.116. The standard InChI is InChI=1S/C8H18N2O2/c1-10(2)4-3-7(6-9)5-8(11)12/h7H,3-6,9H2,1-2H3,(H,11,12). The number of nitrogens with two attached hydrogens (primary N) is 1. The third-order valence-corrected chi connectivity index (χ3v) is 1.78. The average molecular weight is 174 g/mol. The lowest BCUT2D eigenvalue weighted by atomic mass is 10.0. The number of rotatable bonds is 6. The van der Waals surface area contributed by atoms with Gasteiger partial charge in [0.1, 0.15) is 0 Å². The Morgan fingerprint density at radius 2 is 2.17 bits per heavy atom. The molecule has 0 aliphatic heterocycles. The topological polar surface area (TPSA) is 66.6 Å². The van der Waals surface area contributed by atoms with Gasteiger partial charge in [0, 0.05) is 6.42 Å². The molecule has 0 spiro atoms. The Kier molecular flexibility index (Phi) is 5.66. The second-order valence-electron chi connectivity index (χ2n) is 3.29. The van der Waals surface area contributed by atoms with Crippen LogP contribution in [0.4, 0.5) is 0 Å². The van der Waals surface area contributed by atoms with Gasteiger partial charge in [-0.15, -0.1) is 0 Å². The van der Waals surface area contributed by atoms with Crippen LogP contribution in [-0.4, -0.2) is 43.2 Å². The lowest BCUT2D eigenvalue weighted by Gasteiger charge is -2.15. The SMILES string of the molecule is CN(C)CCC(CN)CC(=O)O. The van der Waals surface area contributed by atoms with Crippen LogP contribution in [-0.2, 0) is 4.79 Å². The van der Waals surface area contributed by atoms with Gasteiger partial charge in [-0.2, -0.15) is 0 Å². The summed E-state index contributed by atoms with van der Waals surface area (Å²) in [5, 5.41) is 8.51. The van der Waals surface area contributed by atoms with E-state index in [-0.39, 0.29) is 12.3 Å². The highest BCUT2D eigenvalue weighted by atomic mass is 16.4. The van der Waals surface area contributed by atoms with Crippen molar-refractivity contribution in [2.45, 2.75) is 12.8 Å². The zero-order valence-electron chi connectivity index (χ0n) is 7.79. The molecule has 4 heteroatoms. The van der Waals surface area contributed by atoms with Crippen molar-refractivity contribution >= 4 is 5.97 Å². The minimum Gasteiger partial charge on any atom is -0.481 e. The summed E-state index contributed by atoms with van der Waals surface area (Å²) in [6.07, 6.45) is 1.04. The number of nitrogens with zero attached hydrogens (tertiary/aromatic N) is 1. The molecule has 0 radical (unpaired) electrons. The molecule has 4 nitrogen and oxygen atoms in total. The summed E-state index contributed by atoms with van der Waals surface area (Å²) in [5.41, 5.74) is 5.43. The van der Waals surface area contributed by atoms with Gasteiger partial charge in [0.15, 0.2) is 0 Å². The van der Waals surface area contributed by atoms with Gasteiger partial charge in [0.2, 0.25) is 0 Å². The first-order valence-corrected chi connectivity index (χ1v) is 4.12. The van der Waals surface area contributed by atoms with Crippen LogP contribution >= 0.6 is 0 Å². The molecule has 1 unspecified atom stereocenters. The summed E-state index contributed by atoms with van der Waals surface area (Å²) < 4.78 is 0. The normalized spacial score (nSPS) is 13.3. The summed E-state index contributed by atoms with van der Waals surface area (Å²) in [5.74, 6) is -0.644. The largest absolute Gasteiger partial charge is 0.481 e. The van der Waals surface area contributed by atoms with Crippen molar-refractivity contribution in [1.82, 2.24) is 4.90 Å². The Morgan fingerprint density at radius 1 is 1.58 bits per heavy atom. The average Bonchev–Trinajstić information content (AvgIpc) is 1.97. The van der Waals surface area contributed by atoms with E-state index in [4.69, 9.17) is 10.8 Å². The van der Waals surface area contributed by atoms with E-state index in [1.54, 1.807) is 0 Å². The van der Waals surface area contributed by atoms with Gasteiger partial charge in [-0.3, -0.25) is 4.79 Å². The molecule has 0 aromatic heterocycles. The summed E-state index contributed by atoms with van der Waals surface area (Å²) in [4.78, 5) is 12.4. The fourth-order valence-electron chi connectivity index (χ4n) is 0.991. The van der Waals surface area contributed by atoms with Crippen molar-refractivity contribution in [2.75, 3.05) is 27.2 Å². The van der Waals surface area contributed by atoms with Crippen molar-refractivity contribution in [3.63, 3.8) is 0 Å². The fraction of sp³-hybridized carbons (Fsp3) is 0.875. The molecule has 0 aliphatic rings. The molecule has 0 amide bonds. The monoisotopic (exact) mass is 174 g/mol. The van der Waals surface area contributed by atoms with Crippen molar-refractivity contribution in [3.05, 3.63) is 0 Å². The first kappa shape index (κ1) is 11.4. The molecule has 0 aromatic rings. The molecule has 3 N–H and O–H groups in total. The Balaban J connectivity index is 3.60. The van der Waals surface area contributed by atoms with E-state index in [0.29, 0.717) is 6.54 Å². The van der Waals surface area contributed by atoms with E-state index in [1.165, 1.54) is 0 Å². The third-order valence-electron chi connectivity index (χ3n) is 1.78. The van der Waals surface area contributed by atoms with Crippen LogP contribution < -0.4 is 5.73 Å². The maximum absolute atomic E-state index is 10.3. The number of carboxylic acids is 1. The summed E-state index contributed by atoms with van der Waals surface area (Å²) >= 11 is 0. The highest BCUT2D eigenvalue weighted by Crippen LogP contribution is 2.06. The van der Waals surface area contributed by atoms with Crippen LogP contribution in [0.3, 0.4) is 0 Å². The van der Waals surface area contributed by atoms with Gasteiger partial charge >= 0.3 is 5.97 Å². The number of carboxylic acid groups (broad SMARTS) is 1. The van der Waals surface area contributed by atoms with E-state index in [2.05, 4.69) is 0 Å². The van der Waals surface area contributed by atoms with Gasteiger partial charge in [0.25, 0.3) is 0 Å². The highest BCUT2D eigenvalue weighted by molar-refractivity contribution is 5.67. The third kappa shape index (κ3) is 6.12. The van der Waals surface area contributed by atoms with Crippen LogP contribution in [0.15, 0.2) is 0 Å². The number of hydrogen-bond donors (Lipinski definition) is 2. The van der Waals surface area contributed by atoms with Crippen LogP contribution in [0.25, 0.3) is 0 Å². The first-order chi connectivity index (χ1) is 5.56. The van der Waals surface area contributed by atoms with Crippen LogP contribution in [0.1, 0.15) is 12.8 Å². The van der Waals surface area contributed by atoms with Crippen LogP contribution in [0.2, 0.25) is 0 Å². The molecule has 72 valence electrons.